The molecule has 0 amide bonds. The number of halogens is 1. The Morgan fingerprint density at radius 3 is 3.11 bits per heavy atom. The summed E-state index contributed by atoms with van der Waals surface area (Å²) < 4.78 is 0. The number of hydrogen-bond acceptors (Lipinski definition) is 5. The molecule has 1 aliphatic heterocycles. The third-order valence-corrected chi connectivity index (χ3v) is 6.03. The van der Waals surface area contributed by atoms with Gasteiger partial charge in [0.05, 0.1) is 5.39 Å². The smallest absolute Gasteiger partial charge is 0.225 e. The van der Waals surface area contributed by atoms with Gasteiger partial charge in [-0.2, -0.15) is 11.8 Å². The molecule has 0 aliphatic carbocycles. The van der Waals surface area contributed by atoms with Gasteiger partial charge >= 0.3 is 0 Å². The van der Waals surface area contributed by atoms with E-state index in [0.29, 0.717) is 10.5 Å². The van der Waals surface area contributed by atoms with E-state index < -0.39 is 0 Å². The first-order chi connectivity index (χ1) is 9.26. The van der Waals surface area contributed by atoms with Crippen molar-refractivity contribution in [2.24, 2.45) is 0 Å². The number of rotatable bonds is 4. The number of aryl methyl sites for hydroxylation is 1. The first kappa shape index (κ1) is 13.5. The predicted molar refractivity (Wildman–Crippen MR) is 85.8 cm³/mol. The zero-order chi connectivity index (χ0) is 13.2. The number of hydrogen-bond donors (Lipinski definition) is 1. The highest BCUT2D eigenvalue weighted by atomic mass is 35.5. The van der Waals surface area contributed by atoms with Crippen LogP contribution in [0.15, 0.2) is 6.07 Å². The summed E-state index contributed by atoms with van der Waals surface area (Å²) in [6.45, 7) is 3.12. The van der Waals surface area contributed by atoms with Crippen LogP contribution in [0, 0.1) is 0 Å². The van der Waals surface area contributed by atoms with Crippen LogP contribution in [-0.2, 0) is 6.42 Å². The second kappa shape index (κ2) is 5.85. The van der Waals surface area contributed by atoms with Crippen molar-refractivity contribution in [3.8, 4) is 0 Å². The van der Waals surface area contributed by atoms with Crippen molar-refractivity contribution in [1.29, 1.82) is 0 Å². The molecule has 6 heteroatoms. The van der Waals surface area contributed by atoms with Crippen molar-refractivity contribution in [3.05, 3.63) is 16.2 Å². The molecule has 1 saturated heterocycles. The average Bonchev–Trinajstić information content (AvgIpc) is 3.04. The molecule has 3 rings (SSSR count). The zero-order valence-corrected chi connectivity index (χ0v) is 13.2. The number of fused-ring (bicyclic) bond motifs is 1. The van der Waals surface area contributed by atoms with Crippen molar-refractivity contribution in [3.63, 3.8) is 0 Å². The van der Waals surface area contributed by atoms with Gasteiger partial charge in [0.15, 0.2) is 0 Å². The lowest BCUT2D eigenvalue weighted by Crippen LogP contribution is -2.14. The van der Waals surface area contributed by atoms with Crippen molar-refractivity contribution >= 4 is 50.7 Å². The molecule has 3 heterocycles. The number of anilines is 1. The van der Waals surface area contributed by atoms with Gasteiger partial charge < -0.3 is 5.32 Å². The molecule has 0 bridgehead atoms. The molecule has 0 spiro atoms. The van der Waals surface area contributed by atoms with E-state index in [1.54, 1.807) is 11.3 Å². The van der Waals surface area contributed by atoms with E-state index in [4.69, 9.17) is 11.6 Å². The zero-order valence-electron chi connectivity index (χ0n) is 10.8. The Hall–Kier alpha value is -0.520. The average molecular weight is 314 g/mol. The van der Waals surface area contributed by atoms with Gasteiger partial charge in [0.1, 0.15) is 10.6 Å². The maximum Gasteiger partial charge on any atom is 0.225 e. The highest BCUT2D eigenvalue weighted by Gasteiger charge is 2.17. The maximum absolute atomic E-state index is 6.01. The van der Waals surface area contributed by atoms with Crippen LogP contribution in [0.2, 0.25) is 5.28 Å². The molecule has 0 radical (unpaired) electrons. The third kappa shape index (κ3) is 2.98. The molecule has 2 aromatic heterocycles. The Balaban J connectivity index is 1.85. The standard InChI is InChI=1S/C13H16ClN3S2/c1-2-8-6-10-11(15-7-9-4-3-5-18-9)16-13(14)17-12(10)19-8/h6,9H,2-5,7H2,1H3,(H,15,16,17). The second-order valence-electron chi connectivity index (χ2n) is 4.64. The molecule has 2 aromatic rings. The molecular weight excluding hydrogens is 298 g/mol. The predicted octanol–water partition coefficient (Wildman–Crippen LogP) is 4.21. The van der Waals surface area contributed by atoms with E-state index in [2.05, 4.69) is 28.3 Å². The molecule has 102 valence electrons. The lowest BCUT2D eigenvalue weighted by atomic mass is 10.2. The molecule has 1 aliphatic rings. The Kier molecular flexibility index (Phi) is 4.15. The third-order valence-electron chi connectivity index (χ3n) is 3.29. The van der Waals surface area contributed by atoms with Crippen LogP contribution in [0.25, 0.3) is 10.2 Å². The van der Waals surface area contributed by atoms with Crippen LogP contribution in [0.3, 0.4) is 0 Å². The Labute approximate surface area is 126 Å². The summed E-state index contributed by atoms with van der Waals surface area (Å²) in [5, 5.41) is 5.60. The summed E-state index contributed by atoms with van der Waals surface area (Å²) in [5.74, 6) is 2.17. The minimum absolute atomic E-state index is 0.332. The van der Waals surface area contributed by atoms with Crippen LogP contribution in [0.5, 0.6) is 0 Å². The Morgan fingerprint density at radius 1 is 1.47 bits per heavy atom. The molecule has 1 fully saturated rings. The molecule has 0 saturated carbocycles. The van der Waals surface area contributed by atoms with E-state index in [1.807, 2.05) is 11.8 Å². The van der Waals surface area contributed by atoms with Gasteiger partial charge in [-0.3, -0.25) is 0 Å². The number of thioether (sulfide) groups is 1. The van der Waals surface area contributed by atoms with Gasteiger partial charge in [-0.1, -0.05) is 6.92 Å². The fourth-order valence-electron chi connectivity index (χ4n) is 2.27. The minimum Gasteiger partial charge on any atom is -0.368 e. The van der Waals surface area contributed by atoms with E-state index in [-0.39, 0.29) is 0 Å². The lowest BCUT2D eigenvalue weighted by Gasteiger charge is -2.11. The molecule has 0 aromatic carbocycles. The van der Waals surface area contributed by atoms with Crippen LogP contribution < -0.4 is 5.32 Å². The van der Waals surface area contributed by atoms with Crippen LogP contribution in [-0.4, -0.2) is 27.5 Å². The molecule has 1 unspecified atom stereocenters. The SMILES string of the molecule is CCc1cc2c(NCC3CCCS3)nc(Cl)nc2s1. The fraction of sp³-hybridized carbons (Fsp3) is 0.538. The molecular formula is C13H16ClN3S2. The van der Waals surface area contributed by atoms with Gasteiger partial charge in [0.2, 0.25) is 5.28 Å². The van der Waals surface area contributed by atoms with E-state index in [9.17, 15) is 0 Å². The summed E-state index contributed by atoms with van der Waals surface area (Å²) in [7, 11) is 0. The normalized spacial score (nSPS) is 19.2. The van der Waals surface area contributed by atoms with Gasteiger partial charge in [-0.25, -0.2) is 9.97 Å². The largest absolute Gasteiger partial charge is 0.368 e. The Morgan fingerprint density at radius 2 is 2.37 bits per heavy atom. The summed E-state index contributed by atoms with van der Waals surface area (Å²) in [6.07, 6.45) is 3.65. The van der Waals surface area contributed by atoms with Gasteiger partial charge in [0.25, 0.3) is 0 Å². The van der Waals surface area contributed by atoms with Crippen LogP contribution in [0.4, 0.5) is 5.82 Å². The van der Waals surface area contributed by atoms with Crippen molar-refractivity contribution in [2.45, 2.75) is 31.4 Å². The highest BCUT2D eigenvalue weighted by molar-refractivity contribution is 8.00. The van der Waals surface area contributed by atoms with Crippen LogP contribution in [0.1, 0.15) is 24.6 Å². The van der Waals surface area contributed by atoms with Gasteiger partial charge in [-0.15, -0.1) is 11.3 Å². The highest BCUT2D eigenvalue weighted by Crippen LogP contribution is 2.31. The lowest BCUT2D eigenvalue weighted by molar-refractivity contribution is 0.804. The monoisotopic (exact) mass is 313 g/mol. The topological polar surface area (TPSA) is 37.8 Å². The molecule has 19 heavy (non-hydrogen) atoms. The summed E-state index contributed by atoms with van der Waals surface area (Å²) in [6, 6.07) is 2.18. The number of nitrogens with one attached hydrogen (secondary N) is 1. The van der Waals surface area contributed by atoms with E-state index >= 15 is 0 Å². The number of aromatic nitrogens is 2. The number of nitrogens with zero attached hydrogens (tertiary/aromatic N) is 2. The quantitative estimate of drug-likeness (QED) is 0.858. The molecule has 1 N–H and O–H groups in total. The van der Waals surface area contributed by atoms with Crippen LogP contribution >= 0.6 is 34.7 Å². The summed E-state index contributed by atoms with van der Waals surface area (Å²) in [4.78, 5) is 11.0. The number of thiophene rings is 1. The van der Waals surface area contributed by atoms with Crippen molar-refractivity contribution in [2.75, 3.05) is 17.6 Å². The minimum atomic E-state index is 0.332. The van der Waals surface area contributed by atoms with Crippen molar-refractivity contribution in [1.82, 2.24) is 9.97 Å². The van der Waals surface area contributed by atoms with E-state index in [1.165, 1.54) is 23.5 Å². The first-order valence-electron chi connectivity index (χ1n) is 6.57. The van der Waals surface area contributed by atoms with Gasteiger partial charge in [-0.05, 0) is 42.7 Å². The molecule has 1 atom stereocenters. The summed E-state index contributed by atoms with van der Waals surface area (Å²) in [5.41, 5.74) is 0. The second-order valence-corrected chi connectivity index (χ2v) is 7.50. The van der Waals surface area contributed by atoms with E-state index in [0.717, 1.165) is 29.0 Å². The first-order valence-corrected chi connectivity index (χ1v) is 8.82. The summed E-state index contributed by atoms with van der Waals surface area (Å²) >= 11 is 9.76. The Bertz CT molecular complexity index is 579. The van der Waals surface area contributed by atoms with Gasteiger partial charge in [0, 0.05) is 16.7 Å². The fourth-order valence-corrected chi connectivity index (χ4v) is 4.66. The maximum atomic E-state index is 6.01. The van der Waals surface area contributed by atoms with Crippen molar-refractivity contribution < 1.29 is 0 Å². The molecule has 3 nitrogen and oxygen atoms in total.